The van der Waals surface area contributed by atoms with Crippen molar-refractivity contribution >= 4 is 34.5 Å². The van der Waals surface area contributed by atoms with Crippen LogP contribution < -0.4 is 10.0 Å². The quantitative estimate of drug-likeness (QED) is 0.643. The Morgan fingerprint density at radius 3 is 3.00 bits per heavy atom. The van der Waals surface area contributed by atoms with Gasteiger partial charge in [0, 0.05) is 48.5 Å². The number of nitrogens with one attached hydrogen (secondary N) is 2. The van der Waals surface area contributed by atoms with E-state index in [-0.39, 0.29) is 12.5 Å². The Kier molecular flexibility index (Phi) is 3.88. The van der Waals surface area contributed by atoms with E-state index in [4.69, 9.17) is 0 Å². The molecule has 114 valence electrons. The van der Waals surface area contributed by atoms with Crippen molar-refractivity contribution in [2.45, 2.75) is 6.54 Å². The van der Waals surface area contributed by atoms with E-state index in [1.54, 1.807) is 36.7 Å². The second kappa shape index (κ2) is 5.84. The van der Waals surface area contributed by atoms with E-state index in [2.05, 4.69) is 15.0 Å². The maximum atomic E-state index is 12.1. The van der Waals surface area contributed by atoms with Gasteiger partial charge in [0.25, 0.3) is 5.91 Å². The molecule has 0 aliphatic carbocycles. The number of hydrogen-bond acceptors (Lipinski definition) is 4. The van der Waals surface area contributed by atoms with Crippen LogP contribution in [0.25, 0.3) is 11.6 Å². The Morgan fingerprint density at radius 2 is 2.32 bits per heavy atom. The van der Waals surface area contributed by atoms with Crippen LogP contribution in [0.3, 0.4) is 0 Å². The normalized spacial score (nSPS) is 16.6. The van der Waals surface area contributed by atoms with E-state index in [9.17, 15) is 13.6 Å². The molecular formula is C14H13N4O3S-. The van der Waals surface area contributed by atoms with E-state index in [1.807, 2.05) is 11.6 Å². The number of aryl methyl sites for hydroxylation is 1. The molecule has 0 radical (unpaired) electrons. The highest BCUT2D eigenvalue weighted by molar-refractivity contribution is 7.77. The number of benzene rings is 1. The summed E-state index contributed by atoms with van der Waals surface area (Å²) in [6.07, 6.45) is 5.16. The summed E-state index contributed by atoms with van der Waals surface area (Å²) < 4.78 is 25.3. The minimum absolute atomic E-state index is 0.174. The second-order valence-corrected chi connectivity index (χ2v) is 5.60. The molecule has 2 N–H and O–H groups in total. The Hall–Kier alpha value is -2.29. The summed E-state index contributed by atoms with van der Waals surface area (Å²) >= 11 is -2.32. The Morgan fingerprint density at radius 1 is 1.50 bits per heavy atom. The highest BCUT2D eigenvalue weighted by Crippen LogP contribution is 2.33. The summed E-state index contributed by atoms with van der Waals surface area (Å²) in [6.45, 7) is 0.174. The standard InChI is InChI=1S/C14H14N4O3S/c1-18-5-4-15-13(18)7-11-10-6-9(8-16-22(20)21)2-3-12(10)17-14(11)19/h2-7,16H,8H2,1H3,(H,17,19)(H,20,21)/p-1/b11-7+. The highest BCUT2D eigenvalue weighted by Gasteiger charge is 2.24. The van der Waals surface area contributed by atoms with Crippen molar-refractivity contribution in [1.82, 2.24) is 14.3 Å². The Balaban J connectivity index is 1.97. The van der Waals surface area contributed by atoms with Gasteiger partial charge < -0.3 is 14.4 Å². The van der Waals surface area contributed by atoms with Gasteiger partial charge in [-0.15, -0.1) is 0 Å². The molecule has 8 heteroatoms. The number of carbonyl (C=O) groups is 1. The largest absolute Gasteiger partial charge is 0.760 e. The maximum Gasteiger partial charge on any atom is 0.256 e. The first kappa shape index (κ1) is 14.6. The molecule has 7 nitrogen and oxygen atoms in total. The van der Waals surface area contributed by atoms with E-state index < -0.39 is 11.3 Å². The number of carbonyl (C=O) groups excluding carboxylic acids is 1. The molecule has 2 aromatic rings. The molecule has 1 aliphatic heterocycles. The van der Waals surface area contributed by atoms with Gasteiger partial charge in [-0.1, -0.05) is 6.07 Å². The summed E-state index contributed by atoms with van der Waals surface area (Å²) in [6, 6.07) is 5.32. The first-order valence-electron chi connectivity index (χ1n) is 6.51. The zero-order valence-corrected chi connectivity index (χ0v) is 12.5. The molecule has 1 amide bonds. The van der Waals surface area contributed by atoms with Gasteiger partial charge in [-0.25, -0.2) is 9.71 Å². The van der Waals surface area contributed by atoms with E-state index in [0.717, 1.165) is 11.1 Å². The maximum absolute atomic E-state index is 12.1. The fourth-order valence-electron chi connectivity index (χ4n) is 2.28. The van der Waals surface area contributed by atoms with Crippen molar-refractivity contribution in [3.8, 4) is 0 Å². The second-order valence-electron chi connectivity index (χ2n) is 4.84. The van der Waals surface area contributed by atoms with Gasteiger partial charge in [-0.2, -0.15) is 0 Å². The first-order chi connectivity index (χ1) is 10.5. The van der Waals surface area contributed by atoms with Crippen molar-refractivity contribution in [1.29, 1.82) is 0 Å². The summed E-state index contributed by atoms with van der Waals surface area (Å²) in [5, 5.41) is 2.79. The molecule has 0 saturated heterocycles. The van der Waals surface area contributed by atoms with Crippen LogP contribution in [0, 0.1) is 0 Å². The van der Waals surface area contributed by atoms with Gasteiger partial charge in [-0.05, 0) is 23.8 Å². The zero-order valence-electron chi connectivity index (χ0n) is 11.7. The molecule has 1 aromatic heterocycles. The Labute approximate surface area is 129 Å². The number of fused-ring (bicyclic) bond motifs is 1. The van der Waals surface area contributed by atoms with Gasteiger partial charge in [-0.3, -0.25) is 9.00 Å². The fourth-order valence-corrected chi connectivity index (χ4v) is 2.56. The number of nitrogens with zero attached hydrogens (tertiary/aromatic N) is 2. The van der Waals surface area contributed by atoms with Crippen LogP contribution in [0.2, 0.25) is 0 Å². The van der Waals surface area contributed by atoms with E-state index in [0.29, 0.717) is 17.1 Å². The lowest BCUT2D eigenvalue weighted by Crippen LogP contribution is -2.15. The van der Waals surface area contributed by atoms with Crippen LogP contribution in [-0.2, 0) is 29.7 Å². The molecule has 1 aromatic carbocycles. The molecule has 22 heavy (non-hydrogen) atoms. The fraction of sp³-hybridized carbons (Fsp3) is 0.143. The monoisotopic (exact) mass is 317 g/mol. The number of aromatic nitrogens is 2. The number of amides is 1. The zero-order chi connectivity index (χ0) is 15.7. The smallest absolute Gasteiger partial charge is 0.256 e. The molecule has 2 heterocycles. The van der Waals surface area contributed by atoms with Crippen molar-refractivity contribution in [3.05, 3.63) is 47.5 Å². The van der Waals surface area contributed by atoms with Crippen LogP contribution >= 0.6 is 0 Å². The van der Waals surface area contributed by atoms with E-state index in [1.165, 1.54) is 0 Å². The van der Waals surface area contributed by atoms with Crippen LogP contribution in [-0.4, -0.2) is 24.2 Å². The summed E-state index contributed by atoms with van der Waals surface area (Å²) in [5.74, 6) is 0.470. The molecule has 0 bridgehead atoms. The summed E-state index contributed by atoms with van der Waals surface area (Å²) in [4.78, 5) is 16.3. The van der Waals surface area contributed by atoms with Gasteiger partial charge in [0.05, 0.1) is 5.57 Å². The summed E-state index contributed by atoms with van der Waals surface area (Å²) in [7, 11) is 1.84. The average Bonchev–Trinajstić information content (AvgIpc) is 3.01. The lowest BCUT2D eigenvalue weighted by Gasteiger charge is -2.08. The molecular weight excluding hydrogens is 304 g/mol. The molecule has 1 atom stereocenters. The number of anilines is 1. The van der Waals surface area contributed by atoms with Gasteiger partial charge in [0.15, 0.2) is 0 Å². The van der Waals surface area contributed by atoms with E-state index >= 15 is 0 Å². The van der Waals surface area contributed by atoms with Crippen LogP contribution in [0.5, 0.6) is 0 Å². The van der Waals surface area contributed by atoms with Gasteiger partial charge in [0.1, 0.15) is 5.82 Å². The van der Waals surface area contributed by atoms with Gasteiger partial charge >= 0.3 is 0 Å². The van der Waals surface area contributed by atoms with Crippen molar-refractivity contribution in [3.63, 3.8) is 0 Å². The van der Waals surface area contributed by atoms with Crippen LogP contribution in [0.1, 0.15) is 17.0 Å². The Bertz CT molecular complexity index is 797. The molecule has 1 aliphatic rings. The lowest BCUT2D eigenvalue weighted by molar-refractivity contribution is -0.110. The number of rotatable bonds is 4. The van der Waals surface area contributed by atoms with Gasteiger partial charge in [0.2, 0.25) is 0 Å². The minimum atomic E-state index is -2.32. The third-order valence-electron chi connectivity index (χ3n) is 3.39. The predicted molar refractivity (Wildman–Crippen MR) is 81.9 cm³/mol. The SMILES string of the molecule is Cn1ccnc1/C=C1/C(=O)Nc2ccc(CNS(=O)[O-])cc21. The lowest BCUT2D eigenvalue weighted by atomic mass is 10.0. The third-order valence-corrected chi connectivity index (χ3v) is 3.77. The predicted octanol–water partition coefficient (Wildman–Crippen LogP) is 0.796. The minimum Gasteiger partial charge on any atom is -0.760 e. The third kappa shape index (κ3) is 2.84. The van der Waals surface area contributed by atoms with Crippen molar-refractivity contribution < 1.29 is 13.6 Å². The average molecular weight is 317 g/mol. The molecule has 0 spiro atoms. The van der Waals surface area contributed by atoms with Crippen LogP contribution in [0.4, 0.5) is 5.69 Å². The van der Waals surface area contributed by atoms with Crippen molar-refractivity contribution in [2.75, 3.05) is 5.32 Å². The van der Waals surface area contributed by atoms with Crippen LogP contribution in [0.15, 0.2) is 30.6 Å². The molecule has 3 rings (SSSR count). The molecule has 0 fully saturated rings. The van der Waals surface area contributed by atoms with Crippen molar-refractivity contribution in [2.24, 2.45) is 7.05 Å². The number of imidazole rings is 1. The molecule has 0 saturated carbocycles. The molecule has 1 unspecified atom stereocenters. The summed E-state index contributed by atoms with van der Waals surface area (Å²) in [5.41, 5.74) is 2.72. The number of hydrogen-bond donors (Lipinski definition) is 2. The highest BCUT2D eigenvalue weighted by atomic mass is 32.2. The topological polar surface area (TPSA) is 99.1 Å². The first-order valence-corrected chi connectivity index (χ1v) is 7.58.